The van der Waals surface area contributed by atoms with Crippen LogP contribution in [0.4, 0.5) is 10.6 Å². The van der Waals surface area contributed by atoms with Gasteiger partial charge in [-0.15, -0.1) is 0 Å². The van der Waals surface area contributed by atoms with Gasteiger partial charge in [0.25, 0.3) is 0 Å². The molecule has 8 heteroatoms. The van der Waals surface area contributed by atoms with Crippen molar-refractivity contribution in [3.05, 3.63) is 41.2 Å². The molecule has 29 heavy (non-hydrogen) atoms. The van der Waals surface area contributed by atoms with Crippen LogP contribution in [-0.4, -0.2) is 54.4 Å². The number of fused-ring (bicyclic) bond motifs is 1. The minimum Gasteiger partial charge on any atom is -0.489 e. The second kappa shape index (κ2) is 8.14. The monoisotopic (exact) mass is 398 g/mol. The largest absolute Gasteiger partial charge is 0.489 e. The van der Waals surface area contributed by atoms with Crippen molar-refractivity contribution in [3.8, 4) is 11.6 Å². The molecule has 2 aromatic heterocycles. The minimum absolute atomic E-state index is 0.158. The number of aryl methyl sites for hydroxylation is 1. The number of carbonyl (C=O) groups is 1. The first-order valence-electron chi connectivity index (χ1n) is 9.81. The lowest BCUT2D eigenvalue weighted by Gasteiger charge is -2.34. The molecule has 0 aromatic carbocycles. The van der Waals surface area contributed by atoms with Crippen LogP contribution in [0.3, 0.4) is 0 Å². The van der Waals surface area contributed by atoms with E-state index in [4.69, 9.17) is 19.2 Å². The number of anilines is 1. The third-order valence-electron chi connectivity index (χ3n) is 5.45. The van der Waals surface area contributed by atoms with E-state index in [9.17, 15) is 4.79 Å². The standard InChI is InChI=1S/C21H26N4O4/c1-14-10-15-12-25(21(26)28-3)13-18(15)23-20(14)24-8-6-16(7-9-24)29-17-4-5-19(27-2)22-11-17/h4-5,10-11,16H,6-9,12-13H2,1-3H3. The summed E-state index contributed by atoms with van der Waals surface area (Å²) in [7, 11) is 3.00. The Bertz CT molecular complexity index is 879. The van der Waals surface area contributed by atoms with Crippen molar-refractivity contribution in [1.29, 1.82) is 0 Å². The molecule has 0 aliphatic carbocycles. The van der Waals surface area contributed by atoms with Crippen LogP contribution in [0.15, 0.2) is 24.4 Å². The van der Waals surface area contributed by atoms with Gasteiger partial charge in [-0.3, -0.25) is 4.90 Å². The van der Waals surface area contributed by atoms with Gasteiger partial charge in [-0.2, -0.15) is 0 Å². The van der Waals surface area contributed by atoms with Crippen molar-refractivity contribution in [2.75, 3.05) is 32.2 Å². The minimum atomic E-state index is -0.312. The number of nitrogens with zero attached hydrogens (tertiary/aromatic N) is 4. The van der Waals surface area contributed by atoms with Crippen molar-refractivity contribution in [2.45, 2.75) is 39.0 Å². The lowest BCUT2D eigenvalue weighted by atomic mass is 10.1. The van der Waals surface area contributed by atoms with Gasteiger partial charge in [0.2, 0.25) is 5.88 Å². The summed E-state index contributed by atoms with van der Waals surface area (Å²) >= 11 is 0. The van der Waals surface area contributed by atoms with Crippen LogP contribution in [0.1, 0.15) is 29.7 Å². The summed E-state index contributed by atoms with van der Waals surface area (Å²) in [5.41, 5.74) is 3.19. The number of pyridine rings is 2. The molecule has 0 radical (unpaired) electrons. The molecule has 4 rings (SSSR count). The van der Waals surface area contributed by atoms with E-state index in [0.717, 1.165) is 54.3 Å². The van der Waals surface area contributed by atoms with Crippen molar-refractivity contribution in [1.82, 2.24) is 14.9 Å². The Morgan fingerprint density at radius 1 is 1.17 bits per heavy atom. The smallest absolute Gasteiger partial charge is 0.410 e. The summed E-state index contributed by atoms with van der Waals surface area (Å²) in [6.45, 7) is 4.89. The molecule has 1 amide bonds. The highest BCUT2D eigenvalue weighted by Crippen LogP contribution is 2.30. The number of rotatable bonds is 4. The van der Waals surface area contributed by atoms with E-state index < -0.39 is 0 Å². The highest BCUT2D eigenvalue weighted by atomic mass is 16.5. The molecule has 2 aliphatic heterocycles. The van der Waals surface area contributed by atoms with Gasteiger partial charge in [0.15, 0.2) is 0 Å². The number of hydrogen-bond donors (Lipinski definition) is 0. The predicted molar refractivity (Wildman–Crippen MR) is 107 cm³/mol. The average molecular weight is 398 g/mol. The maximum Gasteiger partial charge on any atom is 0.410 e. The number of methoxy groups -OCH3 is 2. The first-order valence-corrected chi connectivity index (χ1v) is 9.81. The van der Waals surface area contributed by atoms with Gasteiger partial charge < -0.3 is 19.1 Å². The fourth-order valence-corrected chi connectivity index (χ4v) is 3.93. The zero-order chi connectivity index (χ0) is 20.4. The van der Waals surface area contributed by atoms with Gasteiger partial charge in [-0.1, -0.05) is 0 Å². The lowest BCUT2D eigenvalue weighted by molar-refractivity contribution is 0.123. The molecular formula is C21H26N4O4. The van der Waals surface area contributed by atoms with Crippen LogP contribution in [0.2, 0.25) is 0 Å². The Hall–Kier alpha value is -3.03. The summed E-state index contributed by atoms with van der Waals surface area (Å²) < 4.78 is 16.0. The molecule has 1 fully saturated rings. The van der Waals surface area contributed by atoms with Crippen LogP contribution >= 0.6 is 0 Å². The van der Waals surface area contributed by atoms with E-state index in [1.807, 2.05) is 6.07 Å². The first-order chi connectivity index (χ1) is 14.1. The molecule has 0 atom stereocenters. The van der Waals surface area contributed by atoms with Crippen molar-refractivity contribution >= 4 is 11.9 Å². The zero-order valence-corrected chi connectivity index (χ0v) is 17.1. The van der Waals surface area contributed by atoms with Gasteiger partial charge in [0.05, 0.1) is 39.2 Å². The van der Waals surface area contributed by atoms with Crippen LogP contribution < -0.4 is 14.4 Å². The summed E-state index contributed by atoms with van der Waals surface area (Å²) in [5, 5.41) is 0. The van der Waals surface area contributed by atoms with Gasteiger partial charge in [-0.05, 0) is 30.2 Å². The Balaban J connectivity index is 1.38. The third kappa shape index (κ3) is 4.06. The van der Waals surface area contributed by atoms with Gasteiger partial charge >= 0.3 is 6.09 Å². The Kier molecular flexibility index (Phi) is 5.42. The molecule has 0 saturated carbocycles. The molecule has 2 aromatic rings. The van der Waals surface area contributed by atoms with Crippen LogP contribution in [-0.2, 0) is 17.8 Å². The average Bonchev–Trinajstić information content (AvgIpc) is 3.16. The molecule has 0 spiro atoms. The van der Waals surface area contributed by atoms with E-state index in [2.05, 4.69) is 22.9 Å². The van der Waals surface area contributed by atoms with Crippen LogP contribution in [0.5, 0.6) is 11.6 Å². The molecular weight excluding hydrogens is 372 g/mol. The van der Waals surface area contributed by atoms with Crippen molar-refractivity contribution in [3.63, 3.8) is 0 Å². The fourth-order valence-electron chi connectivity index (χ4n) is 3.93. The number of ether oxygens (including phenoxy) is 3. The predicted octanol–water partition coefficient (Wildman–Crippen LogP) is 2.92. The van der Waals surface area contributed by atoms with Crippen molar-refractivity contribution in [2.24, 2.45) is 0 Å². The zero-order valence-electron chi connectivity index (χ0n) is 17.1. The molecule has 8 nitrogen and oxygen atoms in total. The van der Waals surface area contributed by atoms with E-state index in [0.29, 0.717) is 19.0 Å². The Morgan fingerprint density at radius 3 is 2.62 bits per heavy atom. The van der Waals surface area contributed by atoms with E-state index >= 15 is 0 Å². The molecule has 4 heterocycles. The summed E-state index contributed by atoms with van der Waals surface area (Å²) in [4.78, 5) is 24.9. The maximum absolute atomic E-state index is 11.8. The van der Waals surface area contributed by atoms with E-state index in [-0.39, 0.29) is 12.2 Å². The Labute approximate surface area is 170 Å². The normalized spacial score (nSPS) is 16.5. The van der Waals surface area contributed by atoms with E-state index in [1.54, 1.807) is 24.3 Å². The quantitative estimate of drug-likeness (QED) is 0.784. The van der Waals surface area contributed by atoms with Crippen LogP contribution in [0.25, 0.3) is 0 Å². The lowest BCUT2D eigenvalue weighted by Crippen LogP contribution is -2.39. The molecule has 0 unspecified atom stereocenters. The number of amides is 1. The molecule has 0 bridgehead atoms. The number of piperidine rings is 1. The summed E-state index contributed by atoms with van der Waals surface area (Å²) in [5.74, 6) is 2.34. The number of aromatic nitrogens is 2. The highest BCUT2D eigenvalue weighted by molar-refractivity contribution is 5.68. The topological polar surface area (TPSA) is 77.0 Å². The van der Waals surface area contributed by atoms with E-state index in [1.165, 1.54) is 7.11 Å². The summed E-state index contributed by atoms with van der Waals surface area (Å²) in [6.07, 6.45) is 3.38. The molecule has 0 N–H and O–H groups in total. The number of hydrogen-bond acceptors (Lipinski definition) is 7. The second-order valence-electron chi connectivity index (χ2n) is 7.40. The van der Waals surface area contributed by atoms with Gasteiger partial charge in [0, 0.05) is 32.0 Å². The molecule has 154 valence electrons. The maximum atomic E-state index is 11.8. The fraction of sp³-hybridized carbons (Fsp3) is 0.476. The highest BCUT2D eigenvalue weighted by Gasteiger charge is 2.28. The SMILES string of the molecule is COC(=O)N1Cc2cc(C)c(N3CCC(Oc4ccc(OC)nc4)CC3)nc2C1. The first kappa shape index (κ1) is 19.3. The van der Waals surface area contributed by atoms with Gasteiger partial charge in [-0.25, -0.2) is 14.8 Å². The second-order valence-corrected chi connectivity index (χ2v) is 7.40. The molecule has 2 aliphatic rings. The van der Waals surface area contributed by atoms with Crippen molar-refractivity contribution < 1.29 is 19.0 Å². The van der Waals surface area contributed by atoms with Gasteiger partial charge in [0.1, 0.15) is 17.7 Å². The summed E-state index contributed by atoms with van der Waals surface area (Å²) in [6, 6.07) is 5.84. The third-order valence-corrected chi connectivity index (χ3v) is 5.45. The molecule has 1 saturated heterocycles. The van der Waals surface area contributed by atoms with Crippen LogP contribution in [0, 0.1) is 6.92 Å². The number of carbonyl (C=O) groups excluding carboxylic acids is 1. The Morgan fingerprint density at radius 2 is 1.97 bits per heavy atom.